The van der Waals surface area contributed by atoms with Gasteiger partial charge in [0.25, 0.3) is 0 Å². The Bertz CT molecular complexity index is 1140. The van der Waals surface area contributed by atoms with Gasteiger partial charge in [0.05, 0.1) is 25.4 Å². The third kappa shape index (κ3) is 7.71. The van der Waals surface area contributed by atoms with E-state index in [4.69, 9.17) is 19.5 Å². The summed E-state index contributed by atoms with van der Waals surface area (Å²) in [4.78, 5) is 39.8. The normalized spacial score (nSPS) is 14.9. The maximum atomic E-state index is 12.6. The number of nitriles is 1. The topological polar surface area (TPSA) is 121 Å². The van der Waals surface area contributed by atoms with Gasteiger partial charge in [0.1, 0.15) is 18.0 Å². The molecule has 0 N–H and O–H groups in total. The number of hydrogen-bond donors (Lipinski definition) is 0. The Morgan fingerprint density at radius 3 is 2.26 bits per heavy atom. The van der Waals surface area contributed by atoms with Crippen LogP contribution in [0.5, 0.6) is 6.01 Å². The van der Waals surface area contributed by atoms with Crippen molar-refractivity contribution in [3.63, 3.8) is 0 Å². The van der Waals surface area contributed by atoms with Crippen LogP contribution in [0.4, 0.5) is 15.4 Å². The van der Waals surface area contributed by atoms with Crippen molar-refractivity contribution in [3.05, 3.63) is 47.2 Å². The second-order valence-corrected chi connectivity index (χ2v) is 9.85. The van der Waals surface area contributed by atoms with E-state index in [0.29, 0.717) is 45.7 Å². The number of fused-ring (bicyclic) bond motifs is 1. The number of carbonyl (C=O) groups is 2. The van der Waals surface area contributed by atoms with Crippen LogP contribution in [0.15, 0.2) is 30.3 Å². The average molecular weight is 525 g/mol. The number of methoxy groups -OCH3 is 1. The number of ether oxygens (including phenoxy) is 3. The van der Waals surface area contributed by atoms with E-state index in [1.165, 1.54) is 14.0 Å². The number of carbonyl (C=O) groups excluding carboxylic acids is 2. The summed E-state index contributed by atoms with van der Waals surface area (Å²) in [6.07, 6.45) is -0.0542. The van der Waals surface area contributed by atoms with E-state index in [9.17, 15) is 9.59 Å². The molecule has 0 radical (unpaired) electrons. The maximum absolute atomic E-state index is 12.6. The highest BCUT2D eigenvalue weighted by molar-refractivity contribution is 5.69. The summed E-state index contributed by atoms with van der Waals surface area (Å²) in [5.74, 6) is 0.799. The molecule has 204 valence electrons. The lowest BCUT2D eigenvalue weighted by Crippen LogP contribution is -2.49. The molecule has 0 spiro atoms. The zero-order valence-corrected chi connectivity index (χ0v) is 22.8. The molecule has 0 saturated carbocycles. The van der Waals surface area contributed by atoms with Gasteiger partial charge in [0.15, 0.2) is 0 Å². The Labute approximate surface area is 223 Å². The van der Waals surface area contributed by atoms with Gasteiger partial charge in [-0.15, -0.1) is 0 Å². The van der Waals surface area contributed by atoms with Gasteiger partial charge < -0.3 is 28.9 Å². The first-order valence-electron chi connectivity index (χ1n) is 12.6. The van der Waals surface area contributed by atoms with Crippen molar-refractivity contribution in [2.24, 2.45) is 0 Å². The van der Waals surface area contributed by atoms with E-state index in [0.717, 1.165) is 22.6 Å². The molecule has 38 heavy (non-hydrogen) atoms. The number of hydrogen-bond acceptors (Lipinski definition) is 9. The van der Waals surface area contributed by atoms with Gasteiger partial charge in [0, 0.05) is 45.2 Å². The lowest BCUT2D eigenvalue weighted by Gasteiger charge is -2.37. The van der Waals surface area contributed by atoms with Crippen LogP contribution in [0, 0.1) is 11.3 Å². The second-order valence-electron chi connectivity index (χ2n) is 9.85. The fourth-order valence-electron chi connectivity index (χ4n) is 4.14. The van der Waals surface area contributed by atoms with Crippen molar-refractivity contribution in [1.29, 1.82) is 5.26 Å². The minimum absolute atomic E-state index is 0.255. The van der Waals surface area contributed by atoms with Crippen LogP contribution in [0.1, 0.15) is 44.5 Å². The SMILES string of the molecule is CC#N.COc1nc2c(c(N3CCN(C(=O)OCc4ccccc4)CC3)n1)CCN(C(=O)OC(C)(C)C)C2. The van der Waals surface area contributed by atoms with Crippen LogP contribution in [0.3, 0.4) is 0 Å². The quantitative estimate of drug-likeness (QED) is 0.588. The number of piperazine rings is 1. The molecule has 2 amide bonds. The van der Waals surface area contributed by atoms with Crippen molar-refractivity contribution < 1.29 is 23.8 Å². The Morgan fingerprint density at radius 2 is 1.66 bits per heavy atom. The fraction of sp³-hybridized carbons (Fsp3) is 0.519. The smallest absolute Gasteiger partial charge is 0.410 e. The number of aromatic nitrogens is 2. The highest BCUT2D eigenvalue weighted by atomic mass is 16.6. The van der Waals surface area contributed by atoms with Gasteiger partial charge in [-0.05, 0) is 32.8 Å². The van der Waals surface area contributed by atoms with Crippen LogP contribution < -0.4 is 9.64 Å². The third-order valence-electron chi connectivity index (χ3n) is 5.90. The first-order valence-corrected chi connectivity index (χ1v) is 12.6. The van der Waals surface area contributed by atoms with Crippen LogP contribution in [0.2, 0.25) is 0 Å². The first kappa shape index (κ1) is 28.5. The molecule has 2 aliphatic rings. The predicted octanol–water partition coefficient (Wildman–Crippen LogP) is 3.77. The van der Waals surface area contributed by atoms with Gasteiger partial charge in [-0.1, -0.05) is 30.3 Å². The Hall–Kier alpha value is -4.07. The van der Waals surface area contributed by atoms with Crippen LogP contribution in [-0.2, 0) is 29.0 Å². The first-order chi connectivity index (χ1) is 18.1. The highest BCUT2D eigenvalue weighted by Gasteiger charge is 2.31. The summed E-state index contributed by atoms with van der Waals surface area (Å²) in [5, 5.41) is 7.32. The number of amides is 2. The molecular weight excluding hydrogens is 488 g/mol. The van der Waals surface area contributed by atoms with Gasteiger partial charge >= 0.3 is 18.2 Å². The molecule has 4 rings (SSSR count). The molecule has 1 aromatic carbocycles. The maximum Gasteiger partial charge on any atom is 0.410 e. The van der Waals surface area contributed by atoms with E-state index in [-0.39, 0.29) is 24.8 Å². The summed E-state index contributed by atoms with van der Waals surface area (Å²) < 4.78 is 16.4. The van der Waals surface area contributed by atoms with Crippen molar-refractivity contribution >= 4 is 18.0 Å². The number of rotatable bonds is 4. The highest BCUT2D eigenvalue weighted by Crippen LogP contribution is 2.30. The zero-order chi connectivity index (χ0) is 27.7. The minimum atomic E-state index is -0.562. The molecule has 11 heteroatoms. The van der Waals surface area contributed by atoms with Gasteiger partial charge in [-0.2, -0.15) is 15.2 Å². The lowest BCUT2D eigenvalue weighted by molar-refractivity contribution is 0.0220. The van der Waals surface area contributed by atoms with E-state index < -0.39 is 5.60 Å². The standard InChI is InChI=1S/C25H33N5O5.C2H3N/c1-25(2,3)35-24(32)30-11-10-19-20(16-30)26-22(33-4)27-21(19)28-12-14-29(15-13-28)23(31)34-17-18-8-6-5-7-9-18;1-2-3/h5-9H,10-17H2,1-4H3;1H3. The summed E-state index contributed by atoms with van der Waals surface area (Å²) in [5.41, 5.74) is 2.16. The molecule has 1 fully saturated rings. The molecule has 0 atom stereocenters. The molecule has 11 nitrogen and oxygen atoms in total. The molecule has 0 aliphatic carbocycles. The summed E-state index contributed by atoms with van der Waals surface area (Å²) in [7, 11) is 1.53. The number of benzene rings is 1. The summed E-state index contributed by atoms with van der Waals surface area (Å²) in [6.45, 7) is 10.4. The molecule has 0 bridgehead atoms. The monoisotopic (exact) mass is 524 g/mol. The zero-order valence-electron chi connectivity index (χ0n) is 22.8. The van der Waals surface area contributed by atoms with Crippen molar-refractivity contribution in [2.75, 3.05) is 44.7 Å². The molecule has 2 aromatic rings. The Balaban J connectivity index is 0.00000127. The fourth-order valence-corrected chi connectivity index (χ4v) is 4.14. The molecule has 1 aromatic heterocycles. The van der Waals surface area contributed by atoms with E-state index in [1.54, 1.807) is 15.9 Å². The van der Waals surface area contributed by atoms with Crippen LogP contribution >= 0.6 is 0 Å². The van der Waals surface area contributed by atoms with Gasteiger partial charge in [-0.3, -0.25) is 0 Å². The van der Waals surface area contributed by atoms with Crippen LogP contribution in [-0.4, -0.2) is 77.4 Å². The van der Waals surface area contributed by atoms with Crippen LogP contribution in [0.25, 0.3) is 0 Å². The summed E-state index contributed by atoms with van der Waals surface area (Å²) in [6, 6.07) is 11.6. The Morgan fingerprint density at radius 1 is 1.00 bits per heavy atom. The largest absolute Gasteiger partial charge is 0.467 e. The van der Waals surface area contributed by atoms with Crippen molar-refractivity contribution in [2.45, 2.75) is 52.9 Å². The van der Waals surface area contributed by atoms with E-state index in [2.05, 4.69) is 14.9 Å². The van der Waals surface area contributed by atoms with Gasteiger partial charge in [0.2, 0.25) is 0 Å². The minimum Gasteiger partial charge on any atom is -0.467 e. The van der Waals surface area contributed by atoms with E-state index >= 15 is 0 Å². The molecule has 1 saturated heterocycles. The second kappa shape index (κ2) is 12.9. The molecular formula is C27H36N6O5. The predicted molar refractivity (Wildman–Crippen MR) is 141 cm³/mol. The molecule has 0 unspecified atom stereocenters. The number of anilines is 1. The Kier molecular flexibility index (Phi) is 9.71. The number of nitrogens with zero attached hydrogens (tertiary/aromatic N) is 6. The van der Waals surface area contributed by atoms with Gasteiger partial charge in [-0.25, -0.2) is 9.59 Å². The van der Waals surface area contributed by atoms with E-state index in [1.807, 2.05) is 51.1 Å². The average Bonchev–Trinajstić information content (AvgIpc) is 2.91. The van der Waals surface area contributed by atoms with Crippen molar-refractivity contribution in [1.82, 2.24) is 19.8 Å². The third-order valence-corrected chi connectivity index (χ3v) is 5.90. The van der Waals surface area contributed by atoms with Crippen molar-refractivity contribution in [3.8, 4) is 12.1 Å². The molecule has 2 aliphatic heterocycles. The summed E-state index contributed by atoms with van der Waals surface area (Å²) >= 11 is 0. The molecule has 3 heterocycles. The lowest BCUT2D eigenvalue weighted by atomic mass is 10.0.